The van der Waals surface area contributed by atoms with Gasteiger partial charge in [-0.05, 0) is 31.6 Å². The quantitative estimate of drug-likeness (QED) is 0.466. The maximum atomic E-state index is 12.1. The van der Waals surface area contributed by atoms with Crippen LogP contribution in [0.5, 0.6) is 0 Å². The van der Waals surface area contributed by atoms with Gasteiger partial charge in [-0.3, -0.25) is 19.2 Å². The number of aromatic nitrogens is 2. The summed E-state index contributed by atoms with van der Waals surface area (Å²) in [6.45, 7) is 0.467. The largest absolute Gasteiger partial charge is 0.480 e. The van der Waals surface area contributed by atoms with Crippen molar-refractivity contribution in [1.29, 1.82) is 0 Å². The van der Waals surface area contributed by atoms with Gasteiger partial charge in [-0.2, -0.15) is 5.10 Å². The molecule has 2 aliphatic rings. The maximum absolute atomic E-state index is 12.1. The zero-order valence-electron chi connectivity index (χ0n) is 15.2. The molecule has 0 radical (unpaired) electrons. The first-order chi connectivity index (χ1) is 12.7. The van der Waals surface area contributed by atoms with Crippen molar-refractivity contribution in [2.24, 2.45) is 13.0 Å². The van der Waals surface area contributed by atoms with Crippen molar-refractivity contribution in [3.8, 4) is 0 Å². The van der Waals surface area contributed by atoms with Gasteiger partial charge in [0.05, 0.1) is 19.3 Å². The normalized spacial score (nSPS) is 22.4. The molecular formula is C16H25N5O5S. The van der Waals surface area contributed by atoms with Gasteiger partial charge in [-0.1, -0.05) is 0 Å². The van der Waals surface area contributed by atoms with Crippen molar-refractivity contribution in [3.63, 3.8) is 0 Å². The third-order valence-electron chi connectivity index (χ3n) is 4.94. The van der Waals surface area contributed by atoms with Gasteiger partial charge < -0.3 is 10.4 Å². The minimum Gasteiger partial charge on any atom is -0.480 e. The minimum absolute atomic E-state index is 0.00546. The van der Waals surface area contributed by atoms with E-state index in [-0.39, 0.29) is 30.1 Å². The number of nitrogens with zero attached hydrogens (tertiary/aromatic N) is 3. The number of carbonyl (C=O) groups excluding carboxylic acids is 1. The monoisotopic (exact) mass is 399 g/mol. The van der Waals surface area contributed by atoms with Crippen LogP contribution in [0.25, 0.3) is 0 Å². The number of amides is 1. The van der Waals surface area contributed by atoms with Gasteiger partial charge in [0.1, 0.15) is 4.90 Å². The molecule has 27 heavy (non-hydrogen) atoms. The van der Waals surface area contributed by atoms with Gasteiger partial charge in [-0.15, -0.1) is 0 Å². The predicted octanol–water partition coefficient (Wildman–Crippen LogP) is -0.858. The first kappa shape index (κ1) is 19.8. The van der Waals surface area contributed by atoms with E-state index < -0.39 is 21.9 Å². The van der Waals surface area contributed by atoms with Crippen LogP contribution in [0.4, 0.5) is 0 Å². The molecule has 0 aliphatic heterocycles. The molecule has 0 unspecified atom stereocenters. The van der Waals surface area contributed by atoms with Gasteiger partial charge in [-0.25, -0.2) is 13.1 Å². The lowest BCUT2D eigenvalue weighted by Gasteiger charge is -2.42. The van der Waals surface area contributed by atoms with Crippen LogP contribution < -0.4 is 10.0 Å². The molecule has 1 amide bonds. The van der Waals surface area contributed by atoms with Crippen molar-refractivity contribution in [3.05, 3.63) is 12.4 Å². The highest BCUT2D eigenvalue weighted by atomic mass is 32.2. The fourth-order valence-corrected chi connectivity index (χ4v) is 4.18. The van der Waals surface area contributed by atoms with Gasteiger partial charge in [0.2, 0.25) is 15.9 Å². The van der Waals surface area contributed by atoms with Gasteiger partial charge in [0.25, 0.3) is 0 Å². The molecule has 2 aliphatic carbocycles. The van der Waals surface area contributed by atoms with Gasteiger partial charge in [0.15, 0.2) is 0 Å². The number of nitrogens with one attached hydrogen (secondary N) is 2. The predicted molar refractivity (Wildman–Crippen MR) is 95.3 cm³/mol. The average Bonchev–Trinajstić information content (AvgIpc) is 3.25. The van der Waals surface area contributed by atoms with Crippen molar-refractivity contribution in [2.75, 3.05) is 19.6 Å². The minimum atomic E-state index is -3.77. The molecule has 0 atom stereocenters. The third kappa shape index (κ3) is 5.50. The molecule has 0 spiro atoms. The Morgan fingerprint density at radius 2 is 2.07 bits per heavy atom. The van der Waals surface area contributed by atoms with E-state index >= 15 is 0 Å². The standard InChI is InChI=1S/C16H25N5O5S/c1-20-9-14(6-17-20)27(25,26)18-7-15(22)19-12-4-13(5-12)21(10-16(23)24)8-11-2-3-11/h6,9,11-13,18H,2-5,7-8,10H2,1H3,(H,19,22)(H,23,24). The Morgan fingerprint density at radius 3 is 2.63 bits per heavy atom. The summed E-state index contributed by atoms with van der Waals surface area (Å²) in [6, 6.07) is 0.0972. The number of aliphatic carboxylic acids is 1. The molecule has 10 nitrogen and oxygen atoms in total. The van der Waals surface area contributed by atoms with Gasteiger partial charge >= 0.3 is 5.97 Å². The van der Waals surface area contributed by atoms with E-state index in [0.717, 1.165) is 19.4 Å². The zero-order chi connectivity index (χ0) is 19.6. The second-order valence-electron chi connectivity index (χ2n) is 7.33. The zero-order valence-corrected chi connectivity index (χ0v) is 16.0. The second-order valence-corrected chi connectivity index (χ2v) is 9.10. The van der Waals surface area contributed by atoms with Gasteiger partial charge in [0, 0.05) is 31.9 Å². The summed E-state index contributed by atoms with van der Waals surface area (Å²) in [5.74, 6) is -0.647. The molecule has 0 bridgehead atoms. The highest BCUT2D eigenvalue weighted by Crippen LogP contribution is 2.33. The highest BCUT2D eigenvalue weighted by Gasteiger charge is 2.37. The molecule has 3 N–H and O–H groups in total. The Kier molecular flexibility index (Phi) is 5.82. The van der Waals surface area contributed by atoms with E-state index in [1.165, 1.54) is 17.1 Å². The van der Waals surface area contributed by atoms with Crippen molar-refractivity contribution in [2.45, 2.75) is 42.7 Å². The highest BCUT2D eigenvalue weighted by molar-refractivity contribution is 7.89. The van der Waals surface area contributed by atoms with Crippen LogP contribution in [0, 0.1) is 5.92 Å². The average molecular weight is 399 g/mol. The molecular weight excluding hydrogens is 374 g/mol. The lowest BCUT2D eigenvalue weighted by Crippen LogP contribution is -2.56. The summed E-state index contributed by atoms with van der Waals surface area (Å²) in [6.07, 6.45) is 6.24. The summed E-state index contributed by atoms with van der Waals surface area (Å²) in [4.78, 5) is 25.0. The second kappa shape index (κ2) is 7.95. The molecule has 0 aromatic carbocycles. The van der Waals surface area contributed by atoms with E-state index in [1.807, 2.05) is 4.90 Å². The Labute approximate surface area is 158 Å². The van der Waals surface area contributed by atoms with Crippen LogP contribution in [-0.4, -0.2) is 71.8 Å². The van der Waals surface area contributed by atoms with Crippen molar-refractivity contribution in [1.82, 2.24) is 24.7 Å². The molecule has 1 aromatic heterocycles. The summed E-state index contributed by atoms with van der Waals surface area (Å²) in [5.41, 5.74) is 0. The maximum Gasteiger partial charge on any atom is 0.317 e. The first-order valence-corrected chi connectivity index (χ1v) is 10.4. The van der Waals surface area contributed by atoms with Crippen LogP contribution in [0.15, 0.2) is 17.3 Å². The number of aryl methyl sites for hydroxylation is 1. The molecule has 11 heteroatoms. The van der Waals surface area contributed by atoms with Crippen LogP contribution >= 0.6 is 0 Å². The number of carbonyl (C=O) groups is 2. The van der Waals surface area contributed by atoms with Crippen LogP contribution in [0.2, 0.25) is 0 Å². The number of carboxylic acids is 1. The Hall–Kier alpha value is -1.98. The van der Waals surface area contributed by atoms with Crippen molar-refractivity contribution >= 4 is 21.9 Å². The van der Waals surface area contributed by atoms with E-state index in [0.29, 0.717) is 18.8 Å². The third-order valence-corrected chi connectivity index (χ3v) is 6.29. The van der Waals surface area contributed by atoms with E-state index in [4.69, 9.17) is 5.11 Å². The number of hydrogen-bond donors (Lipinski definition) is 3. The van der Waals surface area contributed by atoms with E-state index in [1.54, 1.807) is 7.05 Å². The molecule has 2 fully saturated rings. The molecule has 2 saturated carbocycles. The van der Waals surface area contributed by atoms with Crippen LogP contribution in [-0.2, 0) is 26.7 Å². The van der Waals surface area contributed by atoms with Crippen molar-refractivity contribution < 1.29 is 23.1 Å². The first-order valence-electron chi connectivity index (χ1n) is 8.96. The Balaban J connectivity index is 1.41. The SMILES string of the molecule is Cn1cc(S(=O)(=O)NCC(=O)NC2CC(N(CC(=O)O)CC3CC3)C2)cn1. The topological polar surface area (TPSA) is 134 Å². The summed E-state index contributed by atoms with van der Waals surface area (Å²) in [5, 5.41) is 15.6. The number of sulfonamides is 1. The van der Waals surface area contributed by atoms with E-state index in [2.05, 4.69) is 15.1 Å². The number of rotatable bonds is 10. The Bertz CT molecular complexity index is 798. The fourth-order valence-electron chi connectivity index (χ4n) is 3.21. The lowest BCUT2D eigenvalue weighted by atomic mass is 9.85. The summed E-state index contributed by atoms with van der Waals surface area (Å²) >= 11 is 0. The smallest absolute Gasteiger partial charge is 0.317 e. The van der Waals surface area contributed by atoms with Crippen LogP contribution in [0.3, 0.4) is 0 Å². The van der Waals surface area contributed by atoms with E-state index in [9.17, 15) is 18.0 Å². The summed E-state index contributed by atoms with van der Waals surface area (Å²) < 4.78 is 27.8. The number of carboxylic acid groups (broad SMARTS) is 1. The Morgan fingerprint density at radius 1 is 1.37 bits per heavy atom. The summed E-state index contributed by atoms with van der Waals surface area (Å²) in [7, 11) is -2.16. The molecule has 1 aromatic rings. The molecule has 3 rings (SSSR count). The molecule has 0 saturated heterocycles. The fraction of sp³-hybridized carbons (Fsp3) is 0.688. The molecule has 1 heterocycles. The lowest BCUT2D eigenvalue weighted by molar-refractivity contribution is -0.140. The van der Waals surface area contributed by atoms with Crippen LogP contribution in [0.1, 0.15) is 25.7 Å². The number of hydrogen-bond acceptors (Lipinski definition) is 6. The molecule has 150 valence electrons.